The molecule has 14 heavy (non-hydrogen) atoms. The summed E-state index contributed by atoms with van der Waals surface area (Å²) in [5, 5.41) is 0. The van der Waals surface area contributed by atoms with Crippen molar-refractivity contribution in [3.05, 3.63) is 0 Å². The smallest absolute Gasteiger partial charge is 0.0702 e. The van der Waals surface area contributed by atoms with E-state index in [9.17, 15) is 0 Å². The molecule has 2 rings (SSSR count). The Morgan fingerprint density at radius 1 is 1.14 bits per heavy atom. The average molecular weight is 222 g/mol. The number of halogens is 1. The summed E-state index contributed by atoms with van der Waals surface area (Å²) in [5.74, 6) is 0. The highest BCUT2D eigenvalue weighted by molar-refractivity contribution is 5.85. The molecule has 4 heteroatoms. The van der Waals surface area contributed by atoms with Gasteiger partial charge in [-0.3, -0.25) is 0 Å². The summed E-state index contributed by atoms with van der Waals surface area (Å²) >= 11 is 0. The van der Waals surface area contributed by atoms with E-state index in [-0.39, 0.29) is 12.4 Å². The van der Waals surface area contributed by atoms with Gasteiger partial charge in [0.05, 0.1) is 6.10 Å². The lowest BCUT2D eigenvalue weighted by atomic mass is 9.72. The third-order valence-electron chi connectivity index (χ3n) is 3.46. The molecule has 0 bridgehead atoms. The maximum Gasteiger partial charge on any atom is 0.0702 e. The van der Waals surface area contributed by atoms with Crippen LogP contribution in [-0.2, 0) is 9.47 Å². The molecule has 0 radical (unpaired) electrons. The molecule has 0 aromatic rings. The molecule has 3 nitrogen and oxygen atoms in total. The lowest BCUT2D eigenvalue weighted by molar-refractivity contribution is -0.0871. The molecule has 2 saturated heterocycles. The van der Waals surface area contributed by atoms with Gasteiger partial charge >= 0.3 is 0 Å². The molecule has 2 aliphatic rings. The van der Waals surface area contributed by atoms with E-state index in [1.165, 1.54) is 19.3 Å². The SMILES string of the molecule is Cl.NCC1CC2(CCOCC2)CCO1. The predicted octanol–water partition coefficient (Wildman–Crippen LogP) is 1.34. The molecule has 2 heterocycles. The largest absolute Gasteiger partial charge is 0.381 e. The van der Waals surface area contributed by atoms with E-state index >= 15 is 0 Å². The van der Waals surface area contributed by atoms with Crippen LogP contribution in [0.25, 0.3) is 0 Å². The first kappa shape index (κ1) is 12.2. The summed E-state index contributed by atoms with van der Waals surface area (Å²) in [4.78, 5) is 0. The summed E-state index contributed by atoms with van der Waals surface area (Å²) in [7, 11) is 0. The van der Waals surface area contributed by atoms with Gasteiger partial charge in [-0.15, -0.1) is 12.4 Å². The van der Waals surface area contributed by atoms with E-state index < -0.39 is 0 Å². The molecule has 0 saturated carbocycles. The van der Waals surface area contributed by atoms with Crippen LogP contribution in [-0.4, -0.2) is 32.5 Å². The Bertz CT molecular complexity index is 166. The first-order chi connectivity index (χ1) is 6.35. The minimum atomic E-state index is 0. The van der Waals surface area contributed by atoms with Gasteiger partial charge in [0.15, 0.2) is 0 Å². The van der Waals surface area contributed by atoms with E-state index in [1.807, 2.05) is 0 Å². The Morgan fingerprint density at radius 3 is 2.43 bits per heavy atom. The molecule has 0 aromatic carbocycles. The fourth-order valence-corrected chi connectivity index (χ4v) is 2.50. The van der Waals surface area contributed by atoms with Crippen molar-refractivity contribution in [2.75, 3.05) is 26.4 Å². The van der Waals surface area contributed by atoms with Gasteiger partial charge in [0, 0.05) is 26.4 Å². The molecule has 0 amide bonds. The van der Waals surface area contributed by atoms with Crippen LogP contribution < -0.4 is 5.73 Å². The zero-order valence-corrected chi connectivity index (χ0v) is 9.35. The van der Waals surface area contributed by atoms with Gasteiger partial charge in [0.2, 0.25) is 0 Å². The summed E-state index contributed by atoms with van der Waals surface area (Å²) in [6.07, 6.45) is 5.05. The van der Waals surface area contributed by atoms with Crippen molar-refractivity contribution in [2.24, 2.45) is 11.1 Å². The Kier molecular flexibility index (Phi) is 4.64. The zero-order valence-electron chi connectivity index (χ0n) is 8.54. The van der Waals surface area contributed by atoms with Gasteiger partial charge in [0.25, 0.3) is 0 Å². The Morgan fingerprint density at radius 2 is 1.79 bits per heavy atom. The normalized spacial score (nSPS) is 31.1. The van der Waals surface area contributed by atoms with Crippen LogP contribution in [0.1, 0.15) is 25.7 Å². The Labute approximate surface area is 91.7 Å². The lowest BCUT2D eigenvalue weighted by Gasteiger charge is -2.43. The van der Waals surface area contributed by atoms with Crippen LogP contribution in [0.15, 0.2) is 0 Å². The van der Waals surface area contributed by atoms with Crippen molar-refractivity contribution < 1.29 is 9.47 Å². The van der Waals surface area contributed by atoms with Crippen LogP contribution in [0.4, 0.5) is 0 Å². The highest BCUT2D eigenvalue weighted by Crippen LogP contribution is 2.41. The van der Waals surface area contributed by atoms with E-state index in [2.05, 4.69) is 0 Å². The van der Waals surface area contributed by atoms with Crippen LogP contribution in [0.5, 0.6) is 0 Å². The first-order valence-corrected chi connectivity index (χ1v) is 5.24. The molecular formula is C10H20ClNO2. The van der Waals surface area contributed by atoms with Crippen LogP contribution >= 0.6 is 12.4 Å². The third-order valence-corrected chi connectivity index (χ3v) is 3.46. The van der Waals surface area contributed by atoms with Crippen molar-refractivity contribution in [3.8, 4) is 0 Å². The van der Waals surface area contributed by atoms with Crippen LogP contribution in [0.2, 0.25) is 0 Å². The molecule has 1 unspecified atom stereocenters. The number of nitrogens with two attached hydrogens (primary N) is 1. The lowest BCUT2D eigenvalue weighted by Crippen LogP contribution is -2.42. The minimum Gasteiger partial charge on any atom is -0.381 e. The van der Waals surface area contributed by atoms with Crippen molar-refractivity contribution >= 4 is 12.4 Å². The van der Waals surface area contributed by atoms with Crippen molar-refractivity contribution in [1.29, 1.82) is 0 Å². The number of hydrogen-bond acceptors (Lipinski definition) is 3. The highest BCUT2D eigenvalue weighted by atomic mass is 35.5. The standard InChI is InChI=1S/C10H19NO2.ClH/c11-8-9-7-10(3-6-13-9)1-4-12-5-2-10;/h9H,1-8,11H2;1H. The molecule has 0 aliphatic carbocycles. The second-order valence-electron chi connectivity index (χ2n) is 4.29. The second kappa shape index (κ2) is 5.31. The highest BCUT2D eigenvalue weighted by Gasteiger charge is 2.37. The van der Waals surface area contributed by atoms with Gasteiger partial charge in [-0.05, 0) is 31.1 Å². The molecule has 84 valence electrons. The van der Waals surface area contributed by atoms with E-state index in [4.69, 9.17) is 15.2 Å². The molecule has 0 aromatic heterocycles. The average Bonchev–Trinajstić information content (AvgIpc) is 2.19. The molecule has 2 aliphatic heterocycles. The number of ether oxygens (including phenoxy) is 2. The van der Waals surface area contributed by atoms with Gasteiger partial charge in [-0.2, -0.15) is 0 Å². The van der Waals surface area contributed by atoms with Crippen LogP contribution in [0, 0.1) is 5.41 Å². The third kappa shape index (κ3) is 2.60. The summed E-state index contributed by atoms with van der Waals surface area (Å²) in [5.41, 5.74) is 6.14. The van der Waals surface area contributed by atoms with Crippen LogP contribution in [0.3, 0.4) is 0 Å². The monoisotopic (exact) mass is 221 g/mol. The molecular weight excluding hydrogens is 202 g/mol. The van der Waals surface area contributed by atoms with E-state index in [0.29, 0.717) is 18.1 Å². The van der Waals surface area contributed by atoms with Gasteiger partial charge < -0.3 is 15.2 Å². The molecule has 1 spiro atoms. The predicted molar refractivity (Wildman–Crippen MR) is 57.8 cm³/mol. The zero-order chi connectivity index (χ0) is 9.15. The van der Waals surface area contributed by atoms with Gasteiger partial charge in [0.1, 0.15) is 0 Å². The fraction of sp³-hybridized carbons (Fsp3) is 1.00. The summed E-state index contributed by atoms with van der Waals surface area (Å²) < 4.78 is 11.0. The maximum absolute atomic E-state index is 5.64. The Hall–Kier alpha value is 0.170. The van der Waals surface area contributed by atoms with Gasteiger partial charge in [-0.25, -0.2) is 0 Å². The van der Waals surface area contributed by atoms with Crippen molar-refractivity contribution in [2.45, 2.75) is 31.8 Å². The maximum atomic E-state index is 5.64. The second-order valence-corrected chi connectivity index (χ2v) is 4.29. The fourth-order valence-electron chi connectivity index (χ4n) is 2.50. The summed E-state index contributed by atoms with van der Waals surface area (Å²) in [6.45, 7) is 3.42. The molecule has 2 fully saturated rings. The quantitative estimate of drug-likeness (QED) is 0.727. The molecule has 1 atom stereocenters. The number of hydrogen-bond donors (Lipinski definition) is 1. The van der Waals surface area contributed by atoms with E-state index in [0.717, 1.165) is 26.2 Å². The summed E-state index contributed by atoms with van der Waals surface area (Å²) in [6, 6.07) is 0. The minimum absolute atomic E-state index is 0. The Balaban J connectivity index is 0.000000980. The topological polar surface area (TPSA) is 44.5 Å². The van der Waals surface area contributed by atoms with Gasteiger partial charge in [-0.1, -0.05) is 0 Å². The molecule has 2 N–H and O–H groups in total. The number of rotatable bonds is 1. The van der Waals surface area contributed by atoms with E-state index in [1.54, 1.807) is 0 Å². The first-order valence-electron chi connectivity index (χ1n) is 5.24. The van der Waals surface area contributed by atoms with Crippen molar-refractivity contribution in [3.63, 3.8) is 0 Å². The van der Waals surface area contributed by atoms with Crippen molar-refractivity contribution in [1.82, 2.24) is 0 Å².